The van der Waals surface area contributed by atoms with Crippen LogP contribution in [0.1, 0.15) is 25.3 Å². The van der Waals surface area contributed by atoms with E-state index in [4.69, 9.17) is 9.47 Å². The summed E-state index contributed by atoms with van der Waals surface area (Å²) in [4.78, 5) is 24.9. The number of amides is 2. The summed E-state index contributed by atoms with van der Waals surface area (Å²) < 4.78 is 11.1. The molecule has 1 aliphatic rings. The van der Waals surface area contributed by atoms with Crippen molar-refractivity contribution in [1.29, 1.82) is 0 Å². The van der Waals surface area contributed by atoms with Crippen LogP contribution in [0.5, 0.6) is 0 Å². The Morgan fingerprint density at radius 2 is 2.12 bits per heavy atom. The molecule has 0 spiro atoms. The van der Waals surface area contributed by atoms with Crippen LogP contribution in [0.4, 0.5) is 0 Å². The van der Waals surface area contributed by atoms with Gasteiger partial charge in [0.1, 0.15) is 0 Å². The Bertz CT molecular complexity index is 521. The maximum Gasteiger partial charge on any atom is 0.220 e. The topological polar surface area (TPSA) is 67.9 Å². The minimum Gasteiger partial charge on any atom is -0.377 e. The largest absolute Gasteiger partial charge is 0.377 e. The van der Waals surface area contributed by atoms with Gasteiger partial charge in [-0.1, -0.05) is 30.3 Å². The van der Waals surface area contributed by atoms with E-state index in [1.165, 1.54) is 0 Å². The number of nitrogens with one attached hydrogen (secondary N) is 1. The van der Waals surface area contributed by atoms with Gasteiger partial charge in [-0.2, -0.15) is 0 Å². The van der Waals surface area contributed by atoms with E-state index in [1.807, 2.05) is 30.3 Å². The van der Waals surface area contributed by atoms with Crippen molar-refractivity contribution in [3.8, 4) is 0 Å². The molecule has 1 N–H and O–H groups in total. The summed E-state index contributed by atoms with van der Waals surface area (Å²) in [6, 6.07) is 9.96. The zero-order valence-corrected chi connectivity index (χ0v) is 14.2. The zero-order chi connectivity index (χ0) is 17.2. The molecule has 1 aromatic rings. The van der Waals surface area contributed by atoms with Gasteiger partial charge >= 0.3 is 0 Å². The predicted octanol–water partition coefficient (Wildman–Crippen LogP) is 1.35. The monoisotopic (exact) mass is 334 g/mol. The van der Waals surface area contributed by atoms with E-state index < -0.39 is 0 Å². The summed E-state index contributed by atoms with van der Waals surface area (Å²) >= 11 is 0. The fourth-order valence-corrected chi connectivity index (χ4v) is 2.54. The van der Waals surface area contributed by atoms with E-state index >= 15 is 0 Å². The van der Waals surface area contributed by atoms with Crippen molar-refractivity contribution in [2.45, 2.75) is 32.5 Å². The maximum atomic E-state index is 11.8. The van der Waals surface area contributed by atoms with E-state index in [-0.39, 0.29) is 17.9 Å². The van der Waals surface area contributed by atoms with Crippen LogP contribution in [-0.4, -0.2) is 55.7 Å². The Morgan fingerprint density at radius 3 is 2.88 bits per heavy atom. The molecular formula is C18H26N2O4. The number of rotatable bonds is 8. The molecule has 1 heterocycles. The molecule has 1 aliphatic heterocycles. The van der Waals surface area contributed by atoms with E-state index in [9.17, 15) is 9.59 Å². The molecule has 2 amide bonds. The second kappa shape index (κ2) is 10.1. The molecule has 0 saturated carbocycles. The van der Waals surface area contributed by atoms with Crippen molar-refractivity contribution in [2.75, 3.05) is 32.8 Å². The van der Waals surface area contributed by atoms with Gasteiger partial charge in [-0.25, -0.2) is 0 Å². The second-order valence-corrected chi connectivity index (χ2v) is 5.90. The molecule has 0 aliphatic carbocycles. The van der Waals surface area contributed by atoms with Crippen molar-refractivity contribution in [1.82, 2.24) is 10.2 Å². The number of hydrogen-bond acceptors (Lipinski definition) is 4. The zero-order valence-electron chi connectivity index (χ0n) is 14.2. The van der Waals surface area contributed by atoms with Gasteiger partial charge in [-0.05, 0) is 12.0 Å². The average molecular weight is 334 g/mol. The van der Waals surface area contributed by atoms with Gasteiger partial charge in [0, 0.05) is 39.6 Å². The first-order valence-electron chi connectivity index (χ1n) is 8.40. The number of carbonyl (C=O) groups is 2. The molecule has 6 heteroatoms. The van der Waals surface area contributed by atoms with Crippen LogP contribution in [0.2, 0.25) is 0 Å². The summed E-state index contributed by atoms with van der Waals surface area (Å²) in [5.74, 6) is 0.0343. The minimum absolute atomic E-state index is 0.0122. The molecule has 1 aromatic carbocycles. The first kappa shape index (κ1) is 18.4. The molecule has 24 heavy (non-hydrogen) atoms. The van der Waals surface area contributed by atoms with E-state index in [0.29, 0.717) is 52.3 Å². The third-order valence-corrected chi connectivity index (χ3v) is 3.92. The van der Waals surface area contributed by atoms with Crippen molar-refractivity contribution in [2.24, 2.45) is 0 Å². The predicted molar refractivity (Wildman–Crippen MR) is 90.3 cm³/mol. The van der Waals surface area contributed by atoms with Crippen LogP contribution in [-0.2, 0) is 25.7 Å². The minimum atomic E-state index is -0.124. The van der Waals surface area contributed by atoms with E-state index in [1.54, 1.807) is 11.8 Å². The third kappa shape index (κ3) is 6.68. The van der Waals surface area contributed by atoms with Gasteiger partial charge in [0.2, 0.25) is 11.8 Å². The van der Waals surface area contributed by atoms with Gasteiger partial charge in [0.15, 0.2) is 0 Å². The molecule has 1 saturated heterocycles. The number of carbonyl (C=O) groups excluding carboxylic acids is 2. The Balaban J connectivity index is 1.53. The smallest absolute Gasteiger partial charge is 0.220 e. The number of ether oxygens (including phenoxy) is 2. The summed E-state index contributed by atoms with van der Waals surface area (Å²) in [5, 5.41) is 2.86. The van der Waals surface area contributed by atoms with Crippen LogP contribution in [0.15, 0.2) is 30.3 Å². The first-order chi connectivity index (χ1) is 11.6. The molecule has 0 bridgehead atoms. The lowest BCUT2D eigenvalue weighted by Crippen LogP contribution is -2.49. The molecule has 2 rings (SSSR count). The molecule has 0 unspecified atom stereocenters. The number of nitrogens with zero attached hydrogens (tertiary/aromatic N) is 1. The molecule has 1 atom stereocenters. The van der Waals surface area contributed by atoms with Crippen molar-refractivity contribution in [3.05, 3.63) is 35.9 Å². The van der Waals surface area contributed by atoms with Gasteiger partial charge < -0.3 is 19.7 Å². The summed E-state index contributed by atoms with van der Waals surface area (Å²) in [6.45, 7) is 4.80. The SMILES string of the molecule is CC(=O)N1CCO[C@H](CNC(=O)CCCOCc2ccccc2)C1. The average Bonchev–Trinajstić information content (AvgIpc) is 2.61. The second-order valence-electron chi connectivity index (χ2n) is 5.90. The Kier molecular flexibility index (Phi) is 7.71. The summed E-state index contributed by atoms with van der Waals surface area (Å²) in [5.41, 5.74) is 1.13. The van der Waals surface area contributed by atoms with E-state index in [0.717, 1.165) is 5.56 Å². The highest BCUT2D eigenvalue weighted by molar-refractivity contribution is 5.76. The number of hydrogen-bond donors (Lipinski definition) is 1. The van der Waals surface area contributed by atoms with Crippen LogP contribution >= 0.6 is 0 Å². The quantitative estimate of drug-likeness (QED) is 0.729. The lowest BCUT2D eigenvalue weighted by Gasteiger charge is -2.32. The summed E-state index contributed by atoms with van der Waals surface area (Å²) in [6.07, 6.45) is 0.989. The highest BCUT2D eigenvalue weighted by Crippen LogP contribution is 2.05. The highest BCUT2D eigenvalue weighted by atomic mass is 16.5. The molecule has 6 nitrogen and oxygen atoms in total. The number of benzene rings is 1. The van der Waals surface area contributed by atoms with Gasteiger partial charge in [-0.3, -0.25) is 9.59 Å². The first-order valence-corrected chi connectivity index (χ1v) is 8.40. The molecule has 0 aromatic heterocycles. The van der Waals surface area contributed by atoms with E-state index in [2.05, 4.69) is 5.32 Å². The lowest BCUT2D eigenvalue weighted by molar-refractivity contribution is -0.136. The third-order valence-electron chi connectivity index (χ3n) is 3.92. The number of morpholine rings is 1. The molecule has 132 valence electrons. The van der Waals surface area contributed by atoms with Crippen LogP contribution in [0.3, 0.4) is 0 Å². The highest BCUT2D eigenvalue weighted by Gasteiger charge is 2.22. The Morgan fingerprint density at radius 1 is 1.33 bits per heavy atom. The molecular weight excluding hydrogens is 308 g/mol. The maximum absolute atomic E-state index is 11.8. The fraction of sp³-hybridized carbons (Fsp3) is 0.556. The Labute approximate surface area is 143 Å². The Hall–Kier alpha value is -1.92. The van der Waals surface area contributed by atoms with Crippen LogP contribution in [0.25, 0.3) is 0 Å². The van der Waals surface area contributed by atoms with Crippen LogP contribution < -0.4 is 5.32 Å². The molecule has 1 fully saturated rings. The van der Waals surface area contributed by atoms with Gasteiger partial charge in [-0.15, -0.1) is 0 Å². The fourth-order valence-electron chi connectivity index (χ4n) is 2.54. The molecule has 0 radical (unpaired) electrons. The summed E-state index contributed by atoms with van der Waals surface area (Å²) in [7, 11) is 0. The standard InChI is InChI=1S/C18H26N2O4/c1-15(21)20-9-11-24-17(13-20)12-19-18(22)8-5-10-23-14-16-6-3-2-4-7-16/h2-4,6-7,17H,5,8-14H2,1H3,(H,19,22)/t17-/m1/s1. The van der Waals surface area contributed by atoms with Crippen molar-refractivity contribution < 1.29 is 19.1 Å². The van der Waals surface area contributed by atoms with Crippen LogP contribution in [0, 0.1) is 0 Å². The van der Waals surface area contributed by atoms with Gasteiger partial charge in [0.25, 0.3) is 0 Å². The normalized spacial score (nSPS) is 17.5. The van der Waals surface area contributed by atoms with Crippen molar-refractivity contribution >= 4 is 11.8 Å². The van der Waals surface area contributed by atoms with Crippen molar-refractivity contribution in [3.63, 3.8) is 0 Å². The van der Waals surface area contributed by atoms with Gasteiger partial charge in [0.05, 0.1) is 19.3 Å². The lowest BCUT2D eigenvalue weighted by atomic mass is 10.2.